The first kappa shape index (κ1) is 14.6. The first-order valence-electron chi connectivity index (χ1n) is 7.04. The number of aromatic nitrogens is 3. The van der Waals surface area contributed by atoms with Gasteiger partial charge in [-0.1, -0.05) is 34.1 Å². The first-order chi connectivity index (χ1) is 10.1. The van der Waals surface area contributed by atoms with Crippen molar-refractivity contribution in [1.82, 2.24) is 14.8 Å². The van der Waals surface area contributed by atoms with Crippen molar-refractivity contribution in [3.05, 3.63) is 42.0 Å². The van der Waals surface area contributed by atoms with Gasteiger partial charge in [-0.3, -0.25) is 4.57 Å². The Morgan fingerprint density at radius 2 is 1.81 bits per heavy atom. The summed E-state index contributed by atoms with van der Waals surface area (Å²) in [6, 6.07) is 9.81. The van der Waals surface area contributed by atoms with E-state index in [0.29, 0.717) is 18.2 Å². The van der Waals surface area contributed by atoms with Crippen LogP contribution in [-0.2, 0) is 5.33 Å². The highest BCUT2D eigenvalue weighted by molar-refractivity contribution is 9.08. The molecule has 3 rings (SSSR count). The van der Waals surface area contributed by atoms with Crippen molar-refractivity contribution >= 4 is 15.9 Å². The van der Waals surface area contributed by atoms with Crippen molar-refractivity contribution in [1.29, 1.82) is 0 Å². The van der Waals surface area contributed by atoms with Gasteiger partial charge in [0.2, 0.25) is 5.92 Å². The van der Waals surface area contributed by atoms with E-state index in [4.69, 9.17) is 0 Å². The minimum Gasteiger partial charge on any atom is -0.282 e. The molecule has 112 valence electrons. The Labute approximate surface area is 130 Å². The molecule has 0 aliphatic heterocycles. The highest BCUT2D eigenvalue weighted by atomic mass is 79.9. The smallest absolute Gasteiger partial charge is 0.248 e. The molecule has 1 aliphatic carbocycles. The molecular formula is C15H16BrF2N3. The maximum atomic E-state index is 13.3. The first-order valence-corrected chi connectivity index (χ1v) is 8.16. The molecule has 1 aromatic heterocycles. The Morgan fingerprint density at radius 1 is 1.14 bits per heavy atom. The fourth-order valence-electron chi connectivity index (χ4n) is 2.84. The van der Waals surface area contributed by atoms with Crippen molar-refractivity contribution in [3.63, 3.8) is 0 Å². The lowest BCUT2D eigenvalue weighted by molar-refractivity contribution is -0.0388. The molecule has 6 heteroatoms. The van der Waals surface area contributed by atoms with Gasteiger partial charge in [0, 0.05) is 24.4 Å². The molecule has 0 saturated heterocycles. The van der Waals surface area contributed by atoms with Crippen molar-refractivity contribution in [2.45, 2.75) is 42.9 Å². The van der Waals surface area contributed by atoms with E-state index in [1.165, 1.54) is 0 Å². The monoisotopic (exact) mass is 355 g/mol. The molecule has 1 saturated carbocycles. The van der Waals surface area contributed by atoms with E-state index in [-0.39, 0.29) is 18.8 Å². The van der Waals surface area contributed by atoms with Crippen molar-refractivity contribution in [2.75, 3.05) is 0 Å². The molecule has 0 spiro atoms. The molecule has 0 radical (unpaired) electrons. The number of benzene rings is 1. The van der Waals surface area contributed by atoms with E-state index >= 15 is 0 Å². The average molecular weight is 356 g/mol. The summed E-state index contributed by atoms with van der Waals surface area (Å²) in [4.78, 5) is 0. The zero-order valence-corrected chi connectivity index (χ0v) is 13.1. The molecular weight excluding hydrogens is 340 g/mol. The molecule has 0 N–H and O–H groups in total. The van der Waals surface area contributed by atoms with Gasteiger partial charge in [0.25, 0.3) is 0 Å². The number of para-hydroxylation sites is 1. The normalized spacial score (nSPS) is 18.8. The second-order valence-corrected chi connectivity index (χ2v) is 5.97. The summed E-state index contributed by atoms with van der Waals surface area (Å²) >= 11 is 3.42. The zero-order chi connectivity index (χ0) is 14.9. The Morgan fingerprint density at radius 3 is 2.43 bits per heavy atom. The van der Waals surface area contributed by atoms with E-state index in [1.54, 1.807) is 0 Å². The number of halogens is 3. The van der Waals surface area contributed by atoms with Crippen molar-refractivity contribution < 1.29 is 8.78 Å². The Hall–Kier alpha value is -1.30. The zero-order valence-electron chi connectivity index (χ0n) is 11.5. The molecule has 0 bridgehead atoms. The summed E-state index contributed by atoms with van der Waals surface area (Å²) in [7, 11) is 0. The summed E-state index contributed by atoms with van der Waals surface area (Å²) in [6.45, 7) is 0. The van der Waals surface area contributed by atoms with Crippen LogP contribution in [0.5, 0.6) is 0 Å². The van der Waals surface area contributed by atoms with Gasteiger partial charge in [0.05, 0.1) is 5.33 Å². The van der Waals surface area contributed by atoms with Crippen LogP contribution in [0.25, 0.3) is 5.69 Å². The minimum atomic E-state index is -2.52. The van der Waals surface area contributed by atoms with Crippen LogP contribution in [0.3, 0.4) is 0 Å². The highest BCUT2D eigenvalue weighted by Crippen LogP contribution is 2.41. The molecule has 1 heterocycles. The Bertz CT molecular complexity index is 603. The van der Waals surface area contributed by atoms with Crippen molar-refractivity contribution in [3.8, 4) is 5.69 Å². The number of alkyl halides is 3. The lowest BCUT2D eigenvalue weighted by atomic mass is 9.86. The summed E-state index contributed by atoms with van der Waals surface area (Å²) in [5.74, 6) is -0.878. The van der Waals surface area contributed by atoms with Gasteiger partial charge in [-0.15, -0.1) is 10.2 Å². The van der Waals surface area contributed by atoms with Crippen LogP contribution in [0.4, 0.5) is 8.78 Å². The number of hydrogen-bond acceptors (Lipinski definition) is 2. The average Bonchev–Trinajstić information content (AvgIpc) is 2.92. The molecule has 21 heavy (non-hydrogen) atoms. The van der Waals surface area contributed by atoms with Crippen LogP contribution in [0, 0.1) is 0 Å². The fourth-order valence-corrected chi connectivity index (χ4v) is 3.20. The molecule has 3 nitrogen and oxygen atoms in total. The quantitative estimate of drug-likeness (QED) is 0.761. The number of hydrogen-bond donors (Lipinski definition) is 0. The van der Waals surface area contributed by atoms with Crippen LogP contribution in [0.15, 0.2) is 30.3 Å². The summed E-state index contributed by atoms with van der Waals surface area (Å²) in [5.41, 5.74) is 0.976. The second kappa shape index (κ2) is 5.83. The van der Waals surface area contributed by atoms with Crippen LogP contribution < -0.4 is 0 Å². The van der Waals surface area contributed by atoms with Gasteiger partial charge in [0.1, 0.15) is 11.6 Å². The van der Waals surface area contributed by atoms with Gasteiger partial charge < -0.3 is 0 Å². The number of rotatable bonds is 3. The molecule has 2 aromatic rings. The standard InChI is InChI=1S/C15H16BrF2N3/c16-10-13-19-20-14(11-6-8-15(17,18)9-7-11)21(13)12-4-2-1-3-5-12/h1-5,11H,6-10H2. The maximum absolute atomic E-state index is 13.3. The van der Waals surface area contributed by atoms with Crippen LogP contribution in [-0.4, -0.2) is 20.7 Å². The third kappa shape index (κ3) is 3.00. The summed E-state index contributed by atoms with van der Waals surface area (Å²) in [5, 5.41) is 9.06. The van der Waals surface area contributed by atoms with Crippen LogP contribution >= 0.6 is 15.9 Å². The Kier molecular flexibility index (Phi) is 4.06. The van der Waals surface area contributed by atoms with E-state index in [1.807, 2.05) is 34.9 Å². The third-order valence-electron chi connectivity index (χ3n) is 3.97. The van der Waals surface area contributed by atoms with Gasteiger partial charge in [0.15, 0.2) is 0 Å². The van der Waals surface area contributed by atoms with Gasteiger partial charge in [-0.05, 0) is 25.0 Å². The lowest BCUT2D eigenvalue weighted by Crippen LogP contribution is -2.25. The fraction of sp³-hybridized carbons (Fsp3) is 0.467. The van der Waals surface area contributed by atoms with E-state index < -0.39 is 5.92 Å². The molecule has 0 amide bonds. The molecule has 1 fully saturated rings. The highest BCUT2D eigenvalue weighted by Gasteiger charge is 2.37. The van der Waals surface area contributed by atoms with Gasteiger partial charge >= 0.3 is 0 Å². The van der Waals surface area contributed by atoms with E-state index in [0.717, 1.165) is 17.3 Å². The third-order valence-corrected chi connectivity index (χ3v) is 4.47. The lowest BCUT2D eigenvalue weighted by Gasteiger charge is -2.28. The largest absolute Gasteiger partial charge is 0.282 e. The summed E-state index contributed by atoms with van der Waals surface area (Å²) < 4.78 is 28.7. The van der Waals surface area contributed by atoms with Gasteiger partial charge in [-0.25, -0.2) is 8.78 Å². The maximum Gasteiger partial charge on any atom is 0.248 e. The van der Waals surface area contributed by atoms with Crippen molar-refractivity contribution in [2.24, 2.45) is 0 Å². The second-order valence-electron chi connectivity index (χ2n) is 5.41. The topological polar surface area (TPSA) is 30.7 Å². The Balaban J connectivity index is 1.95. The summed E-state index contributed by atoms with van der Waals surface area (Å²) in [6.07, 6.45) is 0.784. The predicted octanol–water partition coefficient (Wildman–Crippen LogP) is 4.46. The van der Waals surface area contributed by atoms with E-state index in [2.05, 4.69) is 26.1 Å². The number of nitrogens with zero attached hydrogens (tertiary/aromatic N) is 3. The molecule has 1 aliphatic rings. The van der Waals surface area contributed by atoms with E-state index in [9.17, 15) is 8.78 Å². The van der Waals surface area contributed by atoms with Crippen LogP contribution in [0.1, 0.15) is 43.3 Å². The van der Waals surface area contributed by atoms with Crippen LogP contribution in [0.2, 0.25) is 0 Å². The van der Waals surface area contributed by atoms with Gasteiger partial charge in [-0.2, -0.15) is 0 Å². The predicted molar refractivity (Wildman–Crippen MR) is 80.1 cm³/mol. The minimum absolute atomic E-state index is 0.0464. The molecule has 0 unspecified atom stereocenters. The molecule has 1 aromatic carbocycles. The SMILES string of the molecule is FC1(F)CCC(c2nnc(CBr)n2-c2ccccc2)CC1. The molecule has 0 atom stereocenters.